The zero-order valence-corrected chi connectivity index (χ0v) is 89.1. The summed E-state index contributed by atoms with van der Waals surface area (Å²) in [7, 11) is 7.21. The summed E-state index contributed by atoms with van der Waals surface area (Å²) in [6.07, 6.45) is 32.7. The van der Waals surface area contributed by atoms with E-state index in [0.29, 0.717) is 16.7 Å². The lowest BCUT2D eigenvalue weighted by Gasteiger charge is -2.18. The molecule has 7 aromatic rings. The first-order valence-electron chi connectivity index (χ1n) is 48.9. The van der Waals surface area contributed by atoms with Crippen molar-refractivity contribution in [2.24, 2.45) is 46.3 Å². The Hall–Kier alpha value is -5.37. The van der Waals surface area contributed by atoms with Crippen LogP contribution < -0.4 is 4.74 Å². The second-order valence-electron chi connectivity index (χ2n) is 38.5. The summed E-state index contributed by atoms with van der Waals surface area (Å²) in [5, 5.41) is 5.33. The molecule has 1 atom stereocenters. The molecule has 1 unspecified atom stereocenters. The first-order valence-corrected chi connectivity index (χ1v) is 48.9. The van der Waals surface area contributed by atoms with Crippen LogP contribution in [-0.2, 0) is 14.2 Å². The number of hydrogen-bond donors (Lipinski definition) is 0. The summed E-state index contributed by atoms with van der Waals surface area (Å²) < 4.78 is 32.0. The lowest BCUT2D eigenvalue weighted by atomic mass is 9.88. The van der Waals surface area contributed by atoms with Gasteiger partial charge in [-0.1, -0.05) is 476 Å². The molecule has 0 radical (unpaired) electrons. The zero-order chi connectivity index (χ0) is 95.4. The minimum atomic E-state index is -0.171. The number of halogens is 1. The predicted molar refractivity (Wildman–Crippen MR) is 559 cm³/mol. The van der Waals surface area contributed by atoms with E-state index in [2.05, 4.69) is 317 Å². The lowest BCUT2D eigenvalue weighted by Crippen LogP contribution is -2.18. The van der Waals surface area contributed by atoms with E-state index in [1.807, 2.05) is 90.9 Å². The highest BCUT2D eigenvalue weighted by molar-refractivity contribution is 5.85. The minimum absolute atomic E-state index is 0.0417. The van der Waals surface area contributed by atoms with Gasteiger partial charge in [0.25, 0.3) is 0 Å². The molecule has 122 heavy (non-hydrogen) atoms. The smallest absolute Gasteiger partial charge is 0.123 e. The molecule has 0 spiro atoms. The van der Waals surface area contributed by atoms with Gasteiger partial charge in [-0.2, -0.15) is 0 Å². The molecule has 2 fully saturated rings. The van der Waals surface area contributed by atoms with Gasteiger partial charge in [0.05, 0.1) is 18.3 Å². The van der Waals surface area contributed by atoms with Crippen LogP contribution in [0.2, 0.25) is 0 Å². The second kappa shape index (κ2) is 89.0. The first-order chi connectivity index (χ1) is 57.3. The SMILES string of the molecule is CC.CC(C)(C)C.CC1CCCCC1.CCC(C)CC.CCC1CCCCC1.CCCC(C)(C)C.CCCC(C)CCC.CCCCC(C)CC.CCN(C)CC.CCOC(C)(C)C.COC(C)(C)C.COCC(C)C.COc1ccc(C)cc1.Cc1ccc(F)cc1.Cc1ccc2ccccc2c1.Cc1cccc2ccccc12.Cc1ccccc1. The fourth-order valence-corrected chi connectivity index (χ4v) is 11.3. The van der Waals surface area contributed by atoms with E-state index in [1.165, 1.54) is 204 Å². The fourth-order valence-electron chi connectivity index (χ4n) is 11.3. The van der Waals surface area contributed by atoms with Gasteiger partial charge in [-0.3, -0.25) is 0 Å². The molecule has 5 nitrogen and oxygen atoms in total. The summed E-state index contributed by atoms with van der Waals surface area (Å²) in [4.78, 5) is 2.25. The first kappa shape index (κ1) is 132. The van der Waals surface area contributed by atoms with E-state index in [4.69, 9.17) is 18.9 Å². The van der Waals surface area contributed by atoms with Gasteiger partial charge >= 0.3 is 0 Å². The molecule has 0 amide bonds. The van der Waals surface area contributed by atoms with Crippen LogP contribution in [0.3, 0.4) is 0 Å². The molecule has 0 bridgehead atoms. The Morgan fingerprint density at radius 1 is 0.426 bits per heavy atom. The maximum Gasteiger partial charge on any atom is 0.123 e. The van der Waals surface area contributed by atoms with Crippen molar-refractivity contribution in [3.8, 4) is 5.75 Å². The third kappa shape index (κ3) is 107. The third-order valence-electron chi connectivity index (χ3n) is 19.8. The number of ether oxygens (including phenoxy) is 4. The molecule has 2 saturated carbocycles. The molecule has 9 rings (SSSR count). The van der Waals surface area contributed by atoms with E-state index in [0.717, 1.165) is 67.2 Å². The highest BCUT2D eigenvalue weighted by Crippen LogP contribution is 2.26. The number of benzene rings is 7. The number of rotatable bonds is 18. The molecule has 0 N–H and O–H groups in total. The maximum absolute atomic E-state index is 12.1. The molecule has 0 aromatic heterocycles. The Kier molecular flexibility index (Phi) is 96.4. The van der Waals surface area contributed by atoms with E-state index in [1.54, 1.807) is 33.5 Å². The van der Waals surface area contributed by atoms with Crippen LogP contribution in [-0.4, -0.2) is 70.8 Å². The summed E-state index contributed by atoms with van der Waals surface area (Å²) >= 11 is 0. The Balaban J connectivity index is -0.000000190. The van der Waals surface area contributed by atoms with Gasteiger partial charge < -0.3 is 23.8 Å². The molecule has 0 heterocycles. The number of hydrogen-bond acceptors (Lipinski definition) is 5. The van der Waals surface area contributed by atoms with Crippen LogP contribution in [0.5, 0.6) is 5.75 Å². The minimum Gasteiger partial charge on any atom is -0.497 e. The normalized spacial score (nSPS) is 12.2. The molecule has 0 aliphatic heterocycles. The van der Waals surface area contributed by atoms with Crippen molar-refractivity contribution in [1.82, 2.24) is 4.90 Å². The van der Waals surface area contributed by atoms with Gasteiger partial charge in [0.15, 0.2) is 0 Å². The van der Waals surface area contributed by atoms with Crippen LogP contribution in [0.25, 0.3) is 21.5 Å². The number of aryl methyl sites for hydroxylation is 5. The Bertz CT molecular complexity index is 3090. The highest BCUT2D eigenvalue weighted by Gasteiger charge is 2.11. The Morgan fingerprint density at radius 2 is 0.836 bits per heavy atom. The Morgan fingerprint density at radius 3 is 1.11 bits per heavy atom. The summed E-state index contributed by atoms with van der Waals surface area (Å²) in [5.74, 6) is 6.40. The molecule has 0 saturated heterocycles. The summed E-state index contributed by atoms with van der Waals surface area (Å²) in [5.41, 5.74) is 7.49. The van der Waals surface area contributed by atoms with Crippen molar-refractivity contribution >= 4 is 21.5 Å². The van der Waals surface area contributed by atoms with Crippen molar-refractivity contribution < 1.29 is 23.3 Å². The number of unbranched alkanes of at least 4 members (excludes halogenated alkanes) is 1. The zero-order valence-electron chi connectivity index (χ0n) is 89.1. The van der Waals surface area contributed by atoms with Crippen LogP contribution in [0.1, 0.15) is 397 Å². The van der Waals surface area contributed by atoms with Crippen molar-refractivity contribution in [2.75, 3.05) is 54.7 Å². The quantitative estimate of drug-likeness (QED) is 0.0856. The standard InChI is InChI=1S/2C11H10.C8H10O.C8H16.2C8H18.C7H7F.C7H14.C7H8.C7H16.C6H14O.C6H14.C5H13N.2C5H12O.C5H12.C2H6/c1-9-5-4-7-10-6-2-3-8-11(9)10;1-9-6-7-10-4-2-3-5-11(10)8-9;1-7-3-5-8(9-2)6-4-7;1-2-8-6-4-3-5-7-8;1-4-6-7-8(3)5-2;1-4-6-8(3)7-5-2;1-6-2-4-7(8)5-3-6;2*1-7-5-3-2-4-6-7;1-5-6-7(2,3)4;1-5-7-6(2,3)4;2*1-4-6(3)5-2;1-5(2)4-6-3;1-5(2,3)6-4;1-5(2,3)4;1-2/h2*2-8H,1H3;3-6H,1-2H3;8H,2-7H2,1H3;2*8H,4-7H2,1-3H3;2-5H,1H3;7H,2-6H2,1H3;2-6H,1H3;5-6H2,1-4H3;5H2,1-4H3;6H,4-5H2,1-3H3;4-5H2,1-3H3;5H,4H2,1-3H3;1-4H3;1-4H3;1-2H3. The molecule has 710 valence electrons. The van der Waals surface area contributed by atoms with Gasteiger partial charge in [-0.15, -0.1) is 0 Å². The van der Waals surface area contributed by atoms with Crippen molar-refractivity contribution in [1.29, 1.82) is 0 Å². The molecule has 6 heteroatoms. The summed E-state index contributed by atoms with van der Waals surface area (Å²) in [6.45, 7) is 84.0. The van der Waals surface area contributed by atoms with Crippen molar-refractivity contribution in [2.45, 2.75) is 415 Å². The van der Waals surface area contributed by atoms with Crippen molar-refractivity contribution in [3.05, 3.63) is 197 Å². The van der Waals surface area contributed by atoms with Gasteiger partial charge in [0, 0.05) is 27.4 Å². The Labute approximate surface area is 764 Å². The van der Waals surface area contributed by atoms with Crippen LogP contribution in [0.15, 0.2) is 164 Å². The van der Waals surface area contributed by atoms with E-state index in [9.17, 15) is 4.39 Å². The molecule has 7 aromatic carbocycles. The van der Waals surface area contributed by atoms with Crippen molar-refractivity contribution in [3.63, 3.8) is 0 Å². The van der Waals surface area contributed by atoms with Crippen LogP contribution in [0, 0.1) is 86.8 Å². The number of methoxy groups -OCH3 is 3. The van der Waals surface area contributed by atoms with Gasteiger partial charge in [0.2, 0.25) is 0 Å². The van der Waals surface area contributed by atoms with E-state index in [-0.39, 0.29) is 17.0 Å². The molecule has 2 aliphatic carbocycles. The van der Waals surface area contributed by atoms with Gasteiger partial charge in [-0.05, 0) is 207 Å². The molecule has 2 aliphatic rings. The number of fused-ring (bicyclic) bond motifs is 2. The number of nitrogens with zero attached hydrogens (tertiary/aromatic N) is 1. The monoisotopic (exact) mass is 1700 g/mol. The fraction of sp³-hybridized carbons (Fsp3) is 0.672. The van der Waals surface area contributed by atoms with E-state index < -0.39 is 0 Å². The van der Waals surface area contributed by atoms with Crippen LogP contribution >= 0.6 is 0 Å². The van der Waals surface area contributed by atoms with Crippen LogP contribution in [0.4, 0.5) is 4.39 Å². The largest absolute Gasteiger partial charge is 0.497 e. The predicted octanol–water partition coefficient (Wildman–Crippen LogP) is 38.3. The van der Waals surface area contributed by atoms with Gasteiger partial charge in [-0.25, -0.2) is 4.39 Å². The third-order valence-corrected chi connectivity index (χ3v) is 19.8. The topological polar surface area (TPSA) is 40.2 Å². The highest BCUT2D eigenvalue weighted by atomic mass is 19.1. The average molecular weight is 1700 g/mol. The second-order valence-corrected chi connectivity index (χ2v) is 38.5. The summed E-state index contributed by atoms with van der Waals surface area (Å²) in [6, 6.07) is 54.4. The molecular formula is C116H210FNO4. The van der Waals surface area contributed by atoms with E-state index >= 15 is 0 Å². The van der Waals surface area contributed by atoms with Gasteiger partial charge in [0.1, 0.15) is 11.6 Å². The maximum atomic E-state index is 12.1. The average Bonchev–Trinajstić information content (AvgIpc) is 0.850. The lowest BCUT2D eigenvalue weighted by molar-refractivity contribution is 0.00530. The molecular weight excluding hydrogens is 1490 g/mol.